The second-order valence-electron chi connectivity index (χ2n) is 6.31. The molecule has 1 atom stereocenters. The molecule has 1 aromatic rings. The first kappa shape index (κ1) is 19.4. The number of rotatable bonds is 8. The van der Waals surface area contributed by atoms with E-state index in [9.17, 15) is 19.5 Å². The molecule has 1 aromatic heterocycles. The molecular weight excluding hydrogens is 342 g/mol. The average Bonchev–Trinajstić information content (AvgIpc) is 2.91. The van der Waals surface area contributed by atoms with Gasteiger partial charge in [0, 0.05) is 17.3 Å². The summed E-state index contributed by atoms with van der Waals surface area (Å²) in [5, 5.41) is 13.7. The Morgan fingerprint density at radius 3 is 2.64 bits per heavy atom. The van der Waals surface area contributed by atoms with Gasteiger partial charge in [0.25, 0.3) is 0 Å². The third kappa shape index (κ3) is 5.29. The fourth-order valence-electron chi connectivity index (χ4n) is 2.78. The summed E-state index contributed by atoms with van der Waals surface area (Å²) in [4.78, 5) is 36.3. The van der Waals surface area contributed by atoms with Crippen molar-refractivity contribution in [2.45, 2.75) is 71.3 Å². The van der Waals surface area contributed by atoms with Crippen molar-refractivity contribution in [2.24, 2.45) is 0 Å². The molecule has 0 fully saturated rings. The second-order valence-corrected chi connectivity index (χ2v) is 7.42. The molecule has 0 aliphatic heterocycles. The van der Waals surface area contributed by atoms with Gasteiger partial charge in [0.1, 0.15) is 5.00 Å². The van der Waals surface area contributed by atoms with Crippen LogP contribution in [0, 0.1) is 0 Å². The second kappa shape index (κ2) is 8.99. The van der Waals surface area contributed by atoms with Crippen molar-refractivity contribution in [1.82, 2.24) is 0 Å². The molecule has 0 saturated heterocycles. The largest absolute Gasteiger partial charge is 0.550 e. The number of carbonyl (C=O) groups excluding carboxylic acids is 3. The number of thiophene rings is 1. The number of hydrogen-bond acceptors (Lipinski definition) is 6. The highest BCUT2D eigenvalue weighted by atomic mass is 32.1. The topological polar surface area (TPSA) is 95.5 Å². The Balaban J connectivity index is 2.16. The van der Waals surface area contributed by atoms with E-state index in [0.717, 1.165) is 42.5 Å². The zero-order valence-electron chi connectivity index (χ0n) is 14.7. The molecule has 1 heterocycles. The van der Waals surface area contributed by atoms with Crippen LogP contribution in [-0.4, -0.2) is 23.9 Å². The molecule has 0 bridgehead atoms. The van der Waals surface area contributed by atoms with Crippen LogP contribution in [0.5, 0.6) is 0 Å². The first-order valence-electron chi connectivity index (χ1n) is 8.77. The first-order chi connectivity index (χ1) is 11.9. The van der Waals surface area contributed by atoms with E-state index in [1.807, 2.05) is 13.8 Å². The predicted octanol–water partition coefficient (Wildman–Crippen LogP) is 2.44. The number of aliphatic carboxylic acids is 1. The normalized spacial score (nSPS) is 14.5. The number of carboxylic acid groups (broad SMARTS) is 1. The number of carbonyl (C=O) groups is 3. The minimum Gasteiger partial charge on any atom is -0.550 e. The lowest BCUT2D eigenvalue weighted by Crippen LogP contribution is -2.22. The summed E-state index contributed by atoms with van der Waals surface area (Å²) < 4.78 is 5.48. The number of carboxylic acids is 1. The molecule has 25 heavy (non-hydrogen) atoms. The lowest BCUT2D eigenvalue weighted by Gasteiger charge is -2.15. The summed E-state index contributed by atoms with van der Waals surface area (Å²) >= 11 is 1.43. The van der Waals surface area contributed by atoms with Crippen molar-refractivity contribution in [1.29, 1.82) is 0 Å². The third-order valence-electron chi connectivity index (χ3n) is 4.30. The molecule has 2 rings (SSSR count). The predicted molar refractivity (Wildman–Crippen MR) is 93.6 cm³/mol. The van der Waals surface area contributed by atoms with Crippen molar-refractivity contribution < 1.29 is 24.2 Å². The molecule has 7 heteroatoms. The van der Waals surface area contributed by atoms with Gasteiger partial charge in [0.05, 0.1) is 11.7 Å². The Morgan fingerprint density at radius 1 is 1.24 bits per heavy atom. The summed E-state index contributed by atoms with van der Waals surface area (Å²) in [7, 11) is 0. The fraction of sp³-hybridized carbons (Fsp3) is 0.611. The van der Waals surface area contributed by atoms with E-state index in [2.05, 4.69) is 5.32 Å². The zero-order valence-corrected chi connectivity index (χ0v) is 15.5. The van der Waals surface area contributed by atoms with Gasteiger partial charge in [-0.25, -0.2) is 4.79 Å². The van der Waals surface area contributed by atoms with E-state index in [1.54, 1.807) is 0 Å². The van der Waals surface area contributed by atoms with Gasteiger partial charge in [-0.2, -0.15) is 0 Å². The summed E-state index contributed by atoms with van der Waals surface area (Å²) in [6.07, 6.45) is 4.50. The summed E-state index contributed by atoms with van der Waals surface area (Å²) in [6.45, 7) is 3.79. The van der Waals surface area contributed by atoms with Gasteiger partial charge in [0.15, 0.2) is 0 Å². The van der Waals surface area contributed by atoms with Crippen molar-refractivity contribution in [3.8, 4) is 0 Å². The van der Waals surface area contributed by atoms with Crippen molar-refractivity contribution in [3.63, 3.8) is 0 Å². The van der Waals surface area contributed by atoms with Crippen molar-refractivity contribution in [3.05, 3.63) is 16.0 Å². The number of hydrogen-bond donors (Lipinski definition) is 1. The minimum absolute atomic E-state index is 0.0798. The van der Waals surface area contributed by atoms with E-state index >= 15 is 0 Å². The number of esters is 1. The highest BCUT2D eigenvalue weighted by molar-refractivity contribution is 7.17. The van der Waals surface area contributed by atoms with E-state index in [0.29, 0.717) is 10.6 Å². The number of anilines is 1. The summed E-state index contributed by atoms with van der Waals surface area (Å²) in [5.41, 5.74) is 1.47. The maximum Gasteiger partial charge on any atom is 0.341 e. The van der Waals surface area contributed by atoms with Gasteiger partial charge in [-0.05, 0) is 57.4 Å². The van der Waals surface area contributed by atoms with Crippen LogP contribution in [0.2, 0.25) is 0 Å². The van der Waals surface area contributed by atoms with Crippen LogP contribution < -0.4 is 10.4 Å². The zero-order chi connectivity index (χ0) is 18.4. The van der Waals surface area contributed by atoms with Gasteiger partial charge in [-0.1, -0.05) is 6.92 Å². The van der Waals surface area contributed by atoms with E-state index < -0.39 is 11.9 Å². The quantitative estimate of drug-likeness (QED) is 0.713. The van der Waals surface area contributed by atoms with E-state index in [1.165, 1.54) is 11.3 Å². The standard InChI is InChI=1S/C18H25NO5S/c1-3-11(2)24-18(23)16-12-7-4-5-8-13(12)25-17(16)19-14(20)9-6-10-15(21)22/h11H,3-10H2,1-2H3,(H,19,20)(H,21,22)/p-1/t11-/m0/s1. The third-order valence-corrected chi connectivity index (χ3v) is 5.50. The van der Waals surface area contributed by atoms with Crippen LogP contribution in [0.25, 0.3) is 0 Å². The monoisotopic (exact) mass is 366 g/mol. The molecule has 1 aliphatic carbocycles. The molecular formula is C18H24NO5S-. The lowest BCUT2D eigenvalue weighted by molar-refractivity contribution is -0.305. The number of fused-ring (bicyclic) bond motifs is 1. The van der Waals surface area contributed by atoms with Gasteiger partial charge < -0.3 is 20.0 Å². The molecule has 0 saturated carbocycles. The SMILES string of the molecule is CC[C@H](C)OC(=O)c1c(NC(=O)CCCC(=O)[O-])sc2c1CCCC2. The number of amides is 1. The Bertz CT molecular complexity index is 652. The molecule has 1 aliphatic rings. The lowest BCUT2D eigenvalue weighted by atomic mass is 9.95. The van der Waals surface area contributed by atoms with E-state index in [4.69, 9.17) is 4.74 Å². The highest BCUT2D eigenvalue weighted by Crippen LogP contribution is 2.38. The molecule has 0 unspecified atom stereocenters. The Hall–Kier alpha value is -1.89. The number of nitrogens with one attached hydrogen (secondary N) is 1. The van der Waals surface area contributed by atoms with Crippen LogP contribution in [0.3, 0.4) is 0 Å². The molecule has 0 spiro atoms. The van der Waals surface area contributed by atoms with Crippen LogP contribution in [0.1, 0.15) is 73.2 Å². The van der Waals surface area contributed by atoms with Gasteiger partial charge in [0.2, 0.25) is 5.91 Å². The molecule has 1 N–H and O–H groups in total. The first-order valence-corrected chi connectivity index (χ1v) is 9.59. The molecule has 6 nitrogen and oxygen atoms in total. The van der Waals surface area contributed by atoms with Gasteiger partial charge in [-0.3, -0.25) is 4.79 Å². The summed E-state index contributed by atoms with van der Waals surface area (Å²) in [5.74, 6) is -1.85. The van der Waals surface area contributed by atoms with Crippen molar-refractivity contribution >= 4 is 34.2 Å². The van der Waals surface area contributed by atoms with Gasteiger partial charge in [-0.15, -0.1) is 11.3 Å². The number of aryl methyl sites for hydroxylation is 1. The minimum atomic E-state index is -1.17. The average molecular weight is 366 g/mol. The molecule has 138 valence electrons. The Morgan fingerprint density at radius 2 is 1.96 bits per heavy atom. The highest BCUT2D eigenvalue weighted by Gasteiger charge is 2.28. The maximum absolute atomic E-state index is 12.6. The fourth-order valence-corrected chi connectivity index (χ4v) is 4.07. The Kier molecular flexibility index (Phi) is 6.99. The van der Waals surface area contributed by atoms with Crippen LogP contribution in [0.15, 0.2) is 0 Å². The summed E-state index contributed by atoms with van der Waals surface area (Å²) in [6, 6.07) is 0. The molecule has 0 radical (unpaired) electrons. The van der Waals surface area contributed by atoms with E-state index in [-0.39, 0.29) is 31.3 Å². The molecule has 1 amide bonds. The maximum atomic E-state index is 12.6. The number of ether oxygens (including phenoxy) is 1. The smallest absolute Gasteiger partial charge is 0.341 e. The molecule has 0 aromatic carbocycles. The van der Waals surface area contributed by atoms with Crippen LogP contribution in [0.4, 0.5) is 5.00 Å². The van der Waals surface area contributed by atoms with Gasteiger partial charge >= 0.3 is 5.97 Å². The Labute approximate surface area is 151 Å². The van der Waals surface area contributed by atoms with Crippen LogP contribution >= 0.6 is 11.3 Å². The van der Waals surface area contributed by atoms with Crippen molar-refractivity contribution in [2.75, 3.05) is 5.32 Å². The van der Waals surface area contributed by atoms with Crippen LogP contribution in [-0.2, 0) is 27.2 Å².